The van der Waals surface area contributed by atoms with E-state index in [9.17, 15) is 24.8 Å². The Bertz CT molecular complexity index is 1940. The van der Waals surface area contributed by atoms with E-state index in [0.29, 0.717) is 18.5 Å². The van der Waals surface area contributed by atoms with Crippen LogP contribution in [-0.2, 0) is 11.3 Å². The number of nitrogens with zero attached hydrogens (tertiary/aromatic N) is 4. The second-order valence-electron chi connectivity index (χ2n) is 11.7. The highest BCUT2D eigenvalue weighted by Crippen LogP contribution is 2.47. The first kappa shape index (κ1) is 29.7. The molecule has 0 saturated carbocycles. The van der Waals surface area contributed by atoms with Crippen LogP contribution >= 0.6 is 22.9 Å². The molecule has 2 N–H and O–H groups in total. The molecule has 10 nitrogen and oxygen atoms in total. The number of benzene rings is 2. The lowest BCUT2D eigenvalue weighted by atomic mass is 9.93. The number of amides is 3. The summed E-state index contributed by atoms with van der Waals surface area (Å²) in [6, 6.07) is 5.23. The van der Waals surface area contributed by atoms with Crippen molar-refractivity contribution in [3.8, 4) is 17.2 Å². The SMILES string of the molecule is CC(C)(C)OC(=O)Nc1sc2c(F)ccc(-c3c(F)cc4c5c3c(Cl)cn5CCC3CN(C(=O)O)CCN3C4=O)c2c1C#N. The van der Waals surface area contributed by atoms with Crippen molar-refractivity contribution < 1.29 is 33.0 Å². The van der Waals surface area contributed by atoms with Crippen LogP contribution in [-0.4, -0.2) is 68.8 Å². The van der Waals surface area contributed by atoms with Crippen molar-refractivity contribution in [3.63, 3.8) is 0 Å². The zero-order chi connectivity index (χ0) is 31.7. The number of nitriles is 1. The predicted molar refractivity (Wildman–Crippen MR) is 161 cm³/mol. The van der Waals surface area contributed by atoms with Crippen molar-refractivity contribution in [2.45, 2.75) is 45.4 Å². The third-order valence-electron chi connectivity index (χ3n) is 7.78. The monoisotopic (exact) mass is 641 g/mol. The molecule has 4 heterocycles. The number of anilines is 1. The zero-order valence-corrected chi connectivity index (χ0v) is 25.4. The summed E-state index contributed by atoms with van der Waals surface area (Å²) in [5, 5.41) is 22.6. The molecule has 2 aromatic heterocycles. The normalized spacial score (nSPS) is 16.8. The van der Waals surface area contributed by atoms with Crippen molar-refractivity contribution in [2.75, 3.05) is 25.0 Å². The van der Waals surface area contributed by atoms with E-state index in [-0.39, 0.29) is 67.4 Å². The van der Waals surface area contributed by atoms with Gasteiger partial charge in [0.05, 0.1) is 32.4 Å². The quantitative estimate of drug-likeness (QED) is 0.246. The van der Waals surface area contributed by atoms with Crippen LogP contribution in [0, 0.1) is 23.0 Å². The summed E-state index contributed by atoms with van der Waals surface area (Å²) < 4.78 is 38.6. The summed E-state index contributed by atoms with van der Waals surface area (Å²) in [4.78, 5) is 40.8. The molecule has 4 aromatic rings. The molecule has 1 unspecified atom stereocenters. The average Bonchev–Trinajstić information content (AvgIpc) is 3.47. The molecular formula is C30H26ClF2N5O5S. The maximum Gasteiger partial charge on any atom is 0.412 e. The fourth-order valence-corrected chi connectivity index (χ4v) is 7.37. The highest BCUT2D eigenvalue weighted by molar-refractivity contribution is 7.23. The number of aryl methyl sites for hydroxylation is 1. The van der Waals surface area contributed by atoms with Gasteiger partial charge in [-0.25, -0.2) is 18.4 Å². The number of nitrogens with one attached hydrogen (secondary N) is 1. The van der Waals surface area contributed by atoms with E-state index >= 15 is 8.78 Å². The van der Waals surface area contributed by atoms with Gasteiger partial charge in [-0.1, -0.05) is 17.7 Å². The van der Waals surface area contributed by atoms with Crippen molar-refractivity contribution in [1.29, 1.82) is 5.26 Å². The summed E-state index contributed by atoms with van der Waals surface area (Å²) in [5.74, 6) is -1.94. The van der Waals surface area contributed by atoms with Gasteiger partial charge in [0.15, 0.2) is 0 Å². The third-order valence-corrected chi connectivity index (χ3v) is 9.18. The summed E-state index contributed by atoms with van der Waals surface area (Å²) in [7, 11) is 0. The fraction of sp³-hybridized carbons (Fsp3) is 0.333. The number of halogens is 3. The summed E-state index contributed by atoms with van der Waals surface area (Å²) >= 11 is 7.56. The van der Waals surface area contributed by atoms with Gasteiger partial charge in [0.25, 0.3) is 5.91 Å². The first-order valence-electron chi connectivity index (χ1n) is 13.7. The second kappa shape index (κ2) is 10.6. The van der Waals surface area contributed by atoms with Crippen LogP contribution in [0.25, 0.3) is 32.1 Å². The lowest BCUT2D eigenvalue weighted by molar-refractivity contribution is 0.0420. The molecular weight excluding hydrogens is 616 g/mol. The van der Waals surface area contributed by atoms with Crippen molar-refractivity contribution >= 4 is 67.0 Å². The maximum absolute atomic E-state index is 16.3. The molecule has 1 atom stereocenters. The minimum absolute atomic E-state index is 0.0174. The Kier molecular flexibility index (Phi) is 7.17. The molecule has 0 bridgehead atoms. The van der Waals surface area contributed by atoms with Crippen molar-refractivity contribution in [2.24, 2.45) is 0 Å². The van der Waals surface area contributed by atoms with Gasteiger partial charge in [0, 0.05) is 48.7 Å². The highest BCUT2D eigenvalue weighted by Gasteiger charge is 2.37. The number of piperazine rings is 1. The van der Waals surface area contributed by atoms with Crippen LogP contribution < -0.4 is 5.32 Å². The summed E-state index contributed by atoms with van der Waals surface area (Å²) in [6.45, 7) is 5.81. The van der Waals surface area contributed by atoms with Gasteiger partial charge in [0.2, 0.25) is 0 Å². The zero-order valence-electron chi connectivity index (χ0n) is 23.8. The lowest BCUT2D eigenvalue weighted by Gasteiger charge is -2.41. The second-order valence-corrected chi connectivity index (χ2v) is 13.1. The number of hydrogen-bond donors (Lipinski definition) is 2. The Morgan fingerprint density at radius 3 is 2.59 bits per heavy atom. The number of thiophene rings is 1. The molecule has 2 aliphatic heterocycles. The van der Waals surface area contributed by atoms with E-state index in [1.807, 2.05) is 6.07 Å². The van der Waals surface area contributed by atoms with Gasteiger partial charge in [-0.15, -0.1) is 11.3 Å². The van der Waals surface area contributed by atoms with Gasteiger partial charge in [-0.05, 0) is 44.9 Å². The molecule has 0 radical (unpaired) electrons. The van der Waals surface area contributed by atoms with Gasteiger partial charge in [0.1, 0.15) is 28.3 Å². The number of aromatic nitrogens is 1. The maximum atomic E-state index is 16.3. The summed E-state index contributed by atoms with van der Waals surface area (Å²) in [6.07, 6.45) is 0.123. The molecule has 0 spiro atoms. The standard InChI is InChI=1S/C30H26ClF2N5O5S/c1-30(2,3)43-28(40)35-26-17(11-34)21-15(4-5-19(32)25(21)44-26)22-20(33)10-16-24-23(22)18(31)13-36(24)7-6-14-12-37(29(41)42)8-9-38(14)27(16)39/h4-5,10,13-14H,6-9,12H2,1-3H3,(H,35,40)(H,41,42). The average molecular weight is 642 g/mol. The van der Waals surface area contributed by atoms with E-state index in [0.717, 1.165) is 23.5 Å². The van der Waals surface area contributed by atoms with Crippen LogP contribution in [0.4, 0.5) is 23.4 Å². The number of carbonyl (C=O) groups is 3. The largest absolute Gasteiger partial charge is 0.465 e. The topological polar surface area (TPSA) is 128 Å². The molecule has 3 amide bonds. The molecule has 0 aliphatic carbocycles. The first-order valence-corrected chi connectivity index (χ1v) is 14.9. The van der Waals surface area contributed by atoms with Gasteiger partial charge < -0.3 is 24.2 Å². The Morgan fingerprint density at radius 2 is 1.91 bits per heavy atom. The Hall–Kier alpha value is -4.41. The van der Waals surface area contributed by atoms with Crippen LogP contribution in [0.3, 0.4) is 0 Å². The minimum Gasteiger partial charge on any atom is -0.465 e. The molecule has 2 aromatic carbocycles. The molecule has 14 heteroatoms. The lowest BCUT2D eigenvalue weighted by Crippen LogP contribution is -2.57. The smallest absolute Gasteiger partial charge is 0.412 e. The molecule has 228 valence electrons. The third kappa shape index (κ3) is 4.88. The Morgan fingerprint density at radius 1 is 1.16 bits per heavy atom. The highest BCUT2D eigenvalue weighted by atomic mass is 35.5. The Balaban J connectivity index is 1.53. The van der Waals surface area contributed by atoms with Gasteiger partial charge >= 0.3 is 12.2 Å². The molecule has 1 saturated heterocycles. The molecule has 6 rings (SSSR count). The number of rotatable bonds is 2. The van der Waals surface area contributed by atoms with Gasteiger partial charge in [-0.3, -0.25) is 10.1 Å². The number of carboxylic acid groups (broad SMARTS) is 1. The number of ether oxygens (including phenoxy) is 1. The number of hydrogen-bond acceptors (Lipinski definition) is 6. The van der Waals surface area contributed by atoms with Gasteiger partial charge in [-0.2, -0.15) is 5.26 Å². The van der Waals surface area contributed by atoms with Crippen LogP contribution in [0.15, 0.2) is 24.4 Å². The van der Waals surface area contributed by atoms with Crippen molar-refractivity contribution in [1.82, 2.24) is 14.4 Å². The van der Waals surface area contributed by atoms with E-state index < -0.39 is 41.4 Å². The van der Waals surface area contributed by atoms with E-state index in [1.54, 1.807) is 36.4 Å². The predicted octanol–water partition coefficient (Wildman–Crippen LogP) is 6.88. The number of fused-ring (bicyclic) bond motifs is 2. The van der Waals surface area contributed by atoms with E-state index in [2.05, 4.69) is 5.32 Å². The van der Waals surface area contributed by atoms with E-state index in [1.165, 1.54) is 11.0 Å². The summed E-state index contributed by atoms with van der Waals surface area (Å²) in [5.41, 5.74) is -0.302. The van der Waals surface area contributed by atoms with Crippen LogP contribution in [0.2, 0.25) is 5.02 Å². The Labute approximate surface area is 258 Å². The van der Waals surface area contributed by atoms with Crippen LogP contribution in [0.5, 0.6) is 0 Å². The first-order chi connectivity index (χ1) is 20.8. The van der Waals surface area contributed by atoms with Crippen molar-refractivity contribution in [3.05, 3.63) is 52.2 Å². The van der Waals surface area contributed by atoms with Crippen LogP contribution in [0.1, 0.15) is 43.1 Å². The molecule has 2 aliphatic rings. The minimum atomic E-state index is -1.07. The molecule has 44 heavy (non-hydrogen) atoms. The fourth-order valence-electron chi connectivity index (χ4n) is 6.00. The molecule has 1 fully saturated rings. The number of carbonyl (C=O) groups excluding carboxylic acids is 2. The van der Waals surface area contributed by atoms with E-state index in [4.69, 9.17) is 16.3 Å².